The third-order valence-electron chi connectivity index (χ3n) is 3.64. The summed E-state index contributed by atoms with van der Waals surface area (Å²) in [6, 6.07) is 13.6. The Morgan fingerprint density at radius 2 is 2.05 bits per heavy atom. The summed E-state index contributed by atoms with van der Waals surface area (Å²) in [4.78, 5) is 10.5. The summed E-state index contributed by atoms with van der Waals surface area (Å²) in [7, 11) is 0. The van der Waals surface area contributed by atoms with Crippen LogP contribution in [0.5, 0.6) is 0 Å². The minimum atomic E-state index is -0.386. The molecule has 0 saturated heterocycles. The topological polar surface area (TPSA) is 55.2 Å². The van der Waals surface area contributed by atoms with Gasteiger partial charge in [-0.3, -0.25) is 10.1 Å². The molecule has 0 amide bonds. The summed E-state index contributed by atoms with van der Waals surface area (Å²) in [6.45, 7) is 0.666. The molecule has 0 radical (unpaired) electrons. The predicted molar refractivity (Wildman–Crippen MR) is 86.5 cm³/mol. The van der Waals surface area contributed by atoms with Crippen molar-refractivity contribution < 1.29 is 4.92 Å². The Morgan fingerprint density at radius 3 is 2.76 bits per heavy atom. The van der Waals surface area contributed by atoms with Crippen molar-refractivity contribution in [3.05, 3.63) is 68.2 Å². The Balaban J connectivity index is 1.71. The van der Waals surface area contributed by atoms with Gasteiger partial charge in [-0.25, -0.2) is 0 Å². The molecule has 1 aliphatic rings. The SMILES string of the molecule is O=[N+]([O-])c1cc(NCc2cccc(C3CC3)c2)ccc1Br. The van der Waals surface area contributed by atoms with Crippen LogP contribution in [0, 0.1) is 10.1 Å². The first-order valence-corrected chi connectivity index (χ1v) is 7.69. The van der Waals surface area contributed by atoms with E-state index in [0.717, 1.165) is 11.6 Å². The molecule has 5 heteroatoms. The van der Waals surface area contributed by atoms with Crippen molar-refractivity contribution in [2.24, 2.45) is 0 Å². The Bertz CT molecular complexity index is 684. The van der Waals surface area contributed by atoms with E-state index < -0.39 is 0 Å². The molecule has 4 nitrogen and oxygen atoms in total. The molecule has 2 aromatic carbocycles. The van der Waals surface area contributed by atoms with Crippen LogP contribution in [0.25, 0.3) is 0 Å². The third-order valence-corrected chi connectivity index (χ3v) is 4.31. The van der Waals surface area contributed by atoms with Gasteiger partial charge in [0.25, 0.3) is 5.69 Å². The lowest BCUT2D eigenvalue weighted by atomic mass is 10.1. The van der Waals surface area contributed by atoms with E-state index in [4.69, 9.17) is 0 Å². The molecule has 0 unspecified atom stereocenters. The number of rotatable bonds is 5. The van der Waals surface area contributed by atoms with Gasteiger partial charge in [0.05, 0.1) is 9.40 Å². The summed E-state index contributed by atoms with van der Waals surface area (Å²) in [5.74, 6) is 0.735. The largest absolute Gasteiger partial charge is 0.381 e. The molecular weight excluding hydrogens is 332 g/mol. The molecule has 1 fully saturated rings. The second-order valence-corrected chi connectivity index (χ2v) is 6.15. The Morgan fingerprint density at radius 1 is 1.24 bits per heavy atom. The predicted octanol–water partition coefficient (Wildman–Crippen LogP) is 4.85. The quantitative estimate of drug-likeness (QED) is 0.622. The summed E-state index contributed by atoms with van der Waals surface area (Å²) < 4.78 is 0.494. The third kappa shape index (κ3) is 3.42. The minimum absolute atomic E-state index is 0.0757. The lowest BCUT2D eigenvalue weighted by Gasteiger charge is -2.08. The van der Waals surface area contributed by atoms with Gasteiger partial charge < -0.3 is 5.32 Å². The van der Waals surface area contributed by atoms with Crippen LogP contribution < -0.4 is 5.32 Å². The molecule has 108 valence electrons. The first kappa shape index (κ1) is 14.1. The summed E-state index contributed by atoms with van der Waals surface area (Å²) in [5, 5.41) is 14.2. The van der Waals surface area contributed by atoms with E-state index in [-0.39, 0.29) is 10.6 Å². The molecule has 0 bridgehead atoms. The Labute approximate surface area is 131 Å². The van der Waals surface area contributed by atoms with Gasteiger partial charge in [0.15, 0.2) is 0 Å². The van der Waals surface area contributed by atoms with Gasteiger partial charge in [-0.2, -0.15) is 0 Å². The first-order valence-electron chi connectivity index (χ1n) is 6.90. The molecule has 2 aromatic rings. The maximum Gasteiger partial charge on any atom is 0.285 e. The Hall–Kier alpha value is -1.88. The fourth-order valence-electron chi connectivity index (χ4n) is 2.34. The van der Waals surface area contributed by atoms with Crippen molar-refractivity contribution >= 4 is 27.3 Å². The summed E-state index contributed by atoms with van der Waals surface area (Å²) in [5.41, 5.74) is 3.43. The molecule has 0 atom stereocenters. The summed E-state index contributed by atoms with van der Waals surface area (Å²) in [6.07, 6.45) is 2.57. The van der Waals surface area contributed by atoms with Crippen molar-refractivity contribution in [1.29, 1.82) is 0 Å². The average molecular weight is 347 g/mol. The highest BCUT2D eigenvalue weighted by molar-refractivity contribution is 9.10. The van der Waals surface area contributed by atoms with Gasteiger partial charge in [-0.15, -0.1) is 0 Å². The monoisotopic (exact) mass is 346 g/mol. The number of nitrogens with zero attached hydrogens (tertiary/aromatic N) is 1. The van der Waals surface area contributed by atoms with Crippen molar-refractivity contribution in [2.45, 2.75) is 25.3 Å². The molecule has 1 aliphatic carbocycles. The smallest absolute Gasteiger partial charge is 0.285 e. The molecule has 0 heterocycles. The molecule has 3 rings (SSSR count). The van der Waals surface area contributed by atoms with Crippen LogP contribution in [0.3, 0.4) is 0 Å². The number of nitro groups is 1. The molecule has 1 saturated carbocycles. The van der Waals surface area contributed by atoms with E-state index in [1.807, 2.05) is 6.07 Å². The zero-order valence-electron chi connectivity index (χ0n) is 11.4. The van der Waals surface area contributed by atoms with E-state index in [2.05, 4.69) is 45.5 Å². The minimum Gasteiger partial charge on any atom is -0.381 e. The van der Waals surface area contributed by atoms with E-state index in [9.17, 15) is 10.1 Å². The van der Waals surface area contributed by atoms with Crippen LogP contribution in [-0.2, 0) is 6.54 Å². The average Bonchev–Trinajstić information content (AvgIpc) is 3.31. The van der Waals surface area contributed by atoms with Crippen LogP contribution in [-0.4, -0.2) is 4.92 Å². The standard InChI is InChI=1S/C16H15BrN2O2/c17-15-7-6-14(9-16(15)19(20)21)18-10-11-2-1-3-13(8-11)12-4-5-12/h1-3,6-9,12,18H,4-5,10H2. The second kappa shape index (κ2) is 5.85. The van der Waals surface area contributed by atoms with Gasteiger partial charge >= 0.3 is 0 Å². The molecule has 0 spiro atoms. The second-order valence-electron chi connectivity index (χ2n) is 5.30. The lowest BCUT2D eigenvalue weighted by molar-refractivity contribution is -0.385. The number of hydrogen-bond donors (Lipinski definition) is 1. The lowest BCUT2D eigenvalue weighted by Crippen LogP contribution is -2.01. The first-order chi connectivity index (χ1) is 10.1. The van der Waals surface area contributed by atoms with Crippen molar-refractivity contribution in [3.63, 3.8) is 0 Å². The maximum absolute atomic E-state index is 10.9. The number of benzene rings is 2. The number of anilines is 1. The number of hydrogen-bond acceptors (Lipinski definition) is 3. The van der Waals surface area contributed by atoms with Gasteiger partial charge in [-0.05, 0) is 57.9 Å². The molecule has 0 aliphatic heterocycles. The molecule has 21 heavy (non-hydrogen) atoms. The Kier molecular flexibility index (Phi) is 3.92. The normalized spacial score (nSPS) is 14.0. The summed E-state index contributed by atoms with van der Waals surface area (Å²) >= 11 is 3.19. The van der Waals surface area contributed by atoms with Crippen molar-refractivity contribution in [1.82, 2.24) is 0 Å². The van der Waals surface area contributed by atoms with Gasteiger partial charge in [0.2, 0.25) is 0 Å². The molecular formula is C16H15BrN2O2. The van der Waals surface area contributed by atoms with Gasteiger partial charge in [0, 0.05) is 18.3 Å². The fourth-order valence-corrected chi connectivity index (χ4v) is 2.73. The van der Waals surface area contributed by atoms with Gasteiger partial charge in [-0.1, -0.05) is 24.3 Å². The number of nitro benzene ring substituents is 1. The van der Waals surface area contributed by atoms with E-state index in [1.165, 1.54) is 24.0 Å². The van der Waals surface area contributed by atoms with E-state index in [1.54, 1.807) is 12.1 Å². The van der Waals surface area contributed by atoms with Gasteiger partial charge in [0.1, 0.15) is 0 Å². The van der Waals surface area contributed by atoms with Crippen molar-refractivity contribution in [3.8, 4) is 0 Å². The highest BCUT2D eigenvalue weighted by atomic mass is 79.9. The molecule has 0 aromatic heterocycles. The maximum atomic E-state index is 10.9. The van der Waals surface area contributed by atoms with E-state index in [0.29, 0.717) is 11.0 Å². The number of halogens is 1. The van der Waals surface area contributed by atoms with Crippen molar-refractivity contribution in [2.75, 3.05) is 5.32 Å². The highest BCUT2D eigenvalue weighted by Crippen LogP contribution is 2.40. The number of nitrogens with one attached hydrogen (secondary N) is 1. The van der Waals surface area contributed by atoms with Crippen LogP contribution in [0.15, 0.2) is 46.9 Å². The van der Waals surface area contributed by atoms with E-state index >= 15 is 0 Å². The highest BCUT2D eigenvalue weighted by Gasteiger charge is 2.23. The van der Waals surface area contributed by atoms with Crippen LogP contribution in [0.2, 0.25) is 0 Å². The zero-order chi connectivity index (χ0) is 14.8. The molecule has 1 N–H and O–H groups in total. The zero-order valence-corrected chi connectivity index (χ0v) is 13.0. The van der Waals surface area contributed by atoms with Crippen LogP contribution in [0.4, 0.5) is 11.4 Å². The van der Waals surface area contributed by atoms with Crippen LogP contribution in [0.1, 0.15) is 29.9 Å². The fraction of sp³-hybridized carbons (Fsp3) is 0.250. The van der Waals surface area contributed by atoms with Crippen LogP contribution >= 0.6 is 15.9 Å².